The highest BCUT2D eigenvalue weighted by Crippen LogP contribution is 2.33. The number of nitrogens with zero attached hydrogens (tertiary/aromatic N) is 1. The molecule has 1 aliphatic heterocycles. The Morgan fingerprint density at radius 2 is 1.77 bits per heavy atom. The maximum atomic E-state index is 13.0. The summed E-state index contributed by atoms with van der Waals surface area (Å²) in [6.45, 7) is 2.63. The first-order valence-corrected chi connectivity index (χ1v) is 11.1. The van der Waals surface area contributed by atoms with E-state index in [9.17, 15) is 13.2 Å². The average molecular weight is 422 g/mol. The van der Waals surface area contributed by atoms with E-state index in [1.807, 2.05) is 0 Å². The van der Waals surface area contributed by atoms with Gasteiger partial charge in [-0.1, -0.05) is 48.5 Å². The first kappa shape index (κ1) is 20.3. The summed E-state index contributed by atoms with van der Waals surface area (Å²) in [6, 6.07) is 17.1. The van der Waals surface area contributed by atoms with E-state index >= 15 is 0 Å². The Bertz CT molecular complexity index is 1140. The lowest BCUT2D eigenvalue weighted by molar-refractivity contribution is -0.137. The van der Waals surface area contributed by atoms with Crippen LogP contribution in [0.2, 0.25) is 0 Å². The zero-order valence-electron chi connectivity index (χ0n) is 17.5. The Hall–Kier alpha value is -2.59. The Kier molecular flexibility index (Phi) is 5.35. The van der Waals surface area contributed by atoms with Crippen LogP contribution in [-0.4, -0.2) is 24.5 Å². The first-order chi connectivity index (χ1) is 15.0. The smallest absolute Gasteiger partial charge is 0.299 e. The zero-order chi connectivity index (χ0) is 21.4. The minimum atomic E-state index is -4.29. The van der Waals surface area contributed by atoms with Crippen molar-refractivity contribution in [2.24, 2.45) is 0 Å². The Morgan fingerprint density at radius 1 is 0.903 bits per heavy atom. The van der Waals surface area contributed by atoms with E-state index in [2.05, 4.69) is 41.3 Å². The molecule has 0 atom stereocenters. The second kappa shape index (κ2) is 8.16. The van der Waals surface area contributed by atoms with Crippen LogP contribution in [0, 0.1) is 0 Å². The maximum Gasteiger partial charge on any atom is 0.416 e. The zero-order valence-corrected chi connectivity index (χ0v) is 17.5. The molecule has 3 aromatic rings. The SMILES string of the molecule is FC(F)(F)c1cccc(C2=CCN(CCc3ccc4ccc5c(c4c3)CCC5)CC2)c1. The van der Waals surface area contributed by atoms with Gasteiger partial charge in [-0.05, 0) is 82.8 Å². The molecule has 3 aromatic carbocycles. The van der Waals surface area contributed by atoms with Gasteiger partial charge in [-0.25, -0.2) is 0 Å². The number of rotatable bonds is 4. The summed E-state index contributed by atoms with van der Waals surface area (Å²) in [6.07, 6.45) is 3.21. The highest BCUT2D eigenvalue weighted by atomic mass is 19.4. The largest absolute Gasteiger partial charge is 0.416 e. The molecule has 0 N–H and O–H groups in total. The van der Waals surface area contributed by atoms with Crippen molar-refractivity contribution in [3.63, 3.8) is 0 Å². The molecule has 0 spiro atoms. The third-order valence-corrected chi connectivity index (χ3v) is 6.74. The van der Waals surface area contributed by atoms with Crippen LogP contribution in [0.25, 0.3) is 16.3 Å². The predicted octanol–water partition coefficient (Wildman–Crippen LogP) is 6.68. The first-order valence-electron chi connectivity index (χ1n) is 11.1. The standard InChI is InChI=1S/C27H26F3N/c28-27(29,30)24-5-1-4-23(18-24)20-12-15-31(16-13-20)14-11-19-7-8-22-10-9-21-3-2-6-25(21)26(22)17-19/h1,4-5,7-10,12,17-18H,2-3,6,11,13-16H2. The molecule has 0 aromatic heterocycles. The Morgan fingerprint density at radius 3 is 2.58 bits per heavy atom. The lowest BCUT2D eigenvalue weighted by atomic mass is 9.96. The fraction of sp³-hybridized carbons (Fsp3) is 0.333. The van der Waals surface area contributed by atoms with Gasteiger partial charge in [0.05, 0.1) is 5.56 Å². The maximum absolute atomic E-state index is 13.0. The molecule has 0 saturated carbocycles. The molecular formula is C27H26F3N. The summed E-state index contributed by atoms with van der Waals surface area (Å²) in [5, 5.41) is 2.74. The van der Waals surface area contributed by atoms with Gasteiger partial charge < -0.3 is 0 Å². The van der Waals surface area contributed by atoms with Gasteiger partial charge in [0.15, 0.2) is 0 Å². The Labute approximate surface area is 181 Å². The van der Waals surface area contributed by atoms with Crippen LogP contribution >= 0.6 is 0 Å². The topological polar surface area (TPSA) is 3.24 Å². The summed E-state index contributed by atoms with van der Waals surface area (Å²) in [5.41, 5.74) is 5.54. The lowest BCUT2D eigenvalue weighted by Crippen LogP contribution is -2.30. The van der Waals surface area contributed by atoms with Crippen molar-refractivity contribution in [1.29, 1.82) is 0 Å². The van der Waals surface area contributed by atoms with Crippen molar-refractivity contribution < 1.29 is 13.2 Å². The monoisotopic (exact) mass is 421 g/mol. The van der Waals surface area contributed by atoms with Crippen molar-refractivity contribution in [3.8, 4) is 0 Å². The molecule has 4 heteroatoms. The van der Waals surface area contributed by atoms with Crippen LogP contribution in [0.15, 0.2) is 60.7 Å². The van der Waals surface area contributed by atoms with E-state index in [4.69, 9.17) is 0 Å². The molecule has 0 amide bonds. The normalized spacial score (nSPS) is 17.1. The molecule has 0 fully saturated rings. The van der Waals surface area contributed by atoms with Gasteiger partial charge in [-0.2, -0.15) is 13.2 Å². The number of aryl methyl sites for hydroxylation is 2. The fourth-order valence-electron chi connectivity index (χ4n) is 4.97. The summed E-state index contributed by atoms with van der Waals surface area (Å²) in [5.74, 6) is 0. The van der Waals surface area contributed by atoms with Crippen LogP contribution in [-0.2, 0) is 25.4 Å². The molecule has 1 aliphatic carbocycles. The minimum absolute atomic E-state index is 0.573. The second-order valence-corrected chi connectivity index (χ2v) is 8.72. The Balaban J connectivity index is 1.25. The van der Waals surface area contributed by atoms with E-state index in [-0.39, 0.29) is 0 Å². The van der Waals surface area contributed by atoms with Crippen molar-refractivity contribution in [3.05, 3.63) is 88.5 Å². The number of hydrogen-bond donors (Lipinski definition) is 0. The molecular weight excluding hydrogens is 395 g/mol. The van der Waals surface area contributed by atoms with Gasteiger partial charge in [0.1, 0.15) is 0 Å². The summed E-state index contributed by atoms with van der Waals surface area (Å²) < 4.78 is 39.0. The van der Waals surface area contributed by atoms with Gasteiger partial charge in [0, 0.05) is 19.6 Å². The van der Waals surface area contributed by atoms with Crippen molar-refractivity contribution in [1.82, 2.24) is 4.90 Å². The van der Waals surface area contributed by atoms with Crippen LogP contribution in [0.3, 0.4) is 0 Å². The quantitative estimate of drug-likeness (QED) is 0.454. The molecule has 31 heavy (non-hydrogen) atoms. The molecule has 0 saturated heterocycles. The van der Waals surface area contributed by atoms with Crippen LogP contribution < -0.4 is 0 Å². The second-order valence-electron chi connectivity index (χ2n) is 8.72. The third kappa shape index (κ3) is 4.27. The summed E-state index contributed by atoms with van der Waals surface area (Å²) in [7, 11) is 0. The molecule has 0 bridgehead atoms. The van der Waals surface area contributed by atoms with E-state index in [1.54, 1.807) is 6.07 Å². The van der Waals surface area contributed by atoms with E-state index < -0.39 is 11.7 Å². The van der Waals surface area contributed by atoms with Crippen molar-refractivity contribution in [2.45, 2.75) is 38.3 Å². The molecule has 2 aliphatic rings. The van der Waals surface area contributed by atoms with Crippen molar-refractivity contribution in [2.75, 3.05) is 19.6 Å². The van der Waals surface area contributed by atoms with Crippen LogP contribution in [0.5, 0.6) is 0 Å². The summed E-state index contributed by atoms with van der Waals surface area (Å²) >= 11 is 0. The van der Waals surface area contributed by atoms with Gasteiger partial charge in [0.2, 0.25) is 0 Å². The predicted molar refractivity (Wildman–Crippen MR) is 120 cm³/mol. The molecule has 0 radical (unpaired) electrons. The number of alkyl halides is 3. The minimum Gasteiger partial charge on any atom is -0.299 e. The van der Waals surface area contributed by atoms with Crippen LogP contribution in [0.4, 0.5) is 13.2 Å². The van der Waals surface area contributed by atoms with Gasteiger partial charge in [0.25, 0.3) is 0 Å². The van der Waals surface area contributed by atoms with E-state index in [0.717, 1.165) is 44.1 Å². The van der Waals surface area contributed by atoms with Gasteiger partial charge in [-0.3, -0.25) is 4.90 Å². The number of halogens is 3. The van der Waals surface area contributed by atoms with Crippen molar-refractivity contribution >= 4 is 16.3 Å². The number of benzene rings is 3. The van der Waals surface area contributed by atoms with E-state index in [1.165, 1.54) is 58.9 Å². The van der Waals surface area contributed by atoms with Gasteiger partial charge >= 0.3 is 6.18 Å². The summed E-state index contributed by atoms with van der Waals surface area (Å²) in [4.78, 5) is 2.39. The lowest BCUT2D eigenvalue weighted by Gasteiger charge is -2.26. The van der Waals surface area contributed by atoms with Gasteiger partial charge in [-0.15, -0.1) is 0 Å². The molecule has 160 valence electrons. The molecule has 5 rings (SSSR count). The molecule has 0 unspecified atom stereocenters. The molecule has 1 heterocycles. The highest BCUT2D eigenvalue weighted by molar-refractivity contribution is 5.88. The third-order valence-electron chi connectivity index (χ3n) is 6.74. The number of fused-ring (bicyclic) bond motifs is 3. The van der Waals surface area contributed by atoms with E-state index in [0.29, 0.717) is 5.56 Å². The van der Waals surface area contributed by atoms with Crippen LogP contribution in [0.1, 0.15) is 40.7 Å². The number of hydrogen-bond acceptors (Lipinski definition) is 1. The average Bonchev–Trinajstić information content (AvgIpc) is 3.27. The highest BCUT2D eigenvalue weighted by Gasteiger charge is 2.30. The fourth-order valence-corrected chi connectivity index (χ4v) is 4.97. The molecule has 1 nitrogen and oxygen atoms in total.